The SMILES string of the molecule is CC1(C)OB(c2ccc(-c3c4ccccc4c(-c4ccc5oc6ccccc6c5c4)c4ccccc34)cn2)OC1(C)C. The van der Waals surface area contributed by atoms with Crippen molar-refractivity contribution >= 4 is 56.2 Å². The van der Waals surface area contributed by atoms with Gasteiger partial charge in [0.15, 0.2) is 0 Å². The summed E-state index contributed by atoms with van der Waals surface area (Å²) in [6.45, 7) is 8.25. The van der Waals surface area contributed by atoms with E-state index in [0.29, 0.717) is 0 Å². The van der Waals surface area contributed by atoms with Crippen molar-refractivity contribution in [2.75, 3.05) is 0 Å². The third-order valence-corrected chi connectivity index (χ3v) is 9.17. The van der Waals surface area contributed by atoms with Gasteiger partial charge < -0.3 is 13.7 Å². The van der Waals surface area contributed by atoms with Crippen LogP contribution in [-0.4, -0.2) is 23.3 Å². The van der Waals surface area contributed by atoms with E-state index in [1.54, 1.807) is 0 Å². The summed E-state index contributed by atoms with van der Waals surface area (Å²) in [5.41, 5.74) is 6.39. The Balaban J connectivity index is 1.32. The summed E-state index contributed by atoms with van der Waals surface area (Å²) in [7, 11) is -0.492. The molecule has 0 N–H and O–H groups in total. The largest absolute Gasteiger partial charge is 0.514 e. The van der Waals surface area contributed by atoms with Crippen molar-refractivity contribution in [3.05, 3.63) is 109 Å². The summed E-state index contributed by atoms with van der Waals surface area (Å²) in [4.78, 5) is 4.86. The third-order valence-electron chi connectivity index (χ3n) is 9.17. The molecule has 204 valence electrons. The second kappa shape index (κ2) is 9.03. The topological polar surface area (TPSA) is 44.5 Å². The van der Waals surface area contributed by atoms with Crippen LogP contribution in [0.25, 0.3) is 65.7 Å². The fraction of sp³-hybridized carbons (Fsp3) is 0.162. The molecule has 5 heteroatoms. The first-order valence-electron chi connectivity index (χ1n) is 14.5. The van der Waals surface area contributed by atoms with Crippen molar-refractivity contribution in [2.45, 2.75) is 38.9 Å². The van der Waals surface area contributed by atoms with Crippen LogP contribution in [0.1, 0.15) is 27.7 Å². The van der Waals surface area contributed by atoms with Crippen molar-refractivity contribution in [1.82, 2.24) is 4.98 Å². The van der Waals surface area contributed by atoms with E-state index in [4.69, 9.17) is 18.7 Å². The number of rotatable bonds is 3. The molecule has 0 saturated carbocycles. The van der Waals surface area contributed by atoms with Gasteiger partial charge in [-0.15, -0.1) is 0 Å². The summed E-state index contributed by atoms with van der Waals surface area (Å²) in [6.07, 6.45) is 1.96. The zero-order valence-electron chi connectivity index (χ0n) is 24.1. The lowest BCUT2D eigenvalue weighted by Gasteiger charge is -2.32. The van der Waals surface area contributed by atoms with E-state index in [9.17, 15) is 0 Å². The Morgan fingerprint density at radius 1 is 0.524 bits per heavy atom. The maximum absolute atomic E-state index is 6.26. The average molecular weight is 547 g/mol. The van der Waals surface area contributed by atoms with Crippen LogP contribution in [-0.2, 0) is 9.31 Å². The number of benzene rings is 5. The van der Waals surface area contributed by atoms with Crippen molar-refractivity contribution < 1.29 is 13.7 Å². The second-order valence-electron chi connectivity index (χ2n) is 12.2. The number of pyridine rings is 1. The van der Waals surface area contributed by atoms with Crippen LogP contribution in [0.2, 0.25) is 0 Å². The zero-order chi connectivity index (χ0) is 28.6. The van der Waals surface area contributed by atoms with Gasteiger partial charge in [0.25, 0.3) is 0 Å². The molecule has 8 rings (SSSR count). The summed E-state index contributed by atoms with van der Waals surface area (Å²) in [5.74, 6) is 0. The fourth-order valence-electron chi connectivity index (χ4n) is 6.29. The molecule has 0 aliphatic carbocycles. The quantitative estimate of drug-likeness (QED) is 0.164. The Hall–Kier alpha value is -4.45. The first-order chi connectivity index (χ1) is 20.3. The van der Waals surface area contributed by atoms with Gasteiger partial charge in [0, 0.05) is 22.5 Å². The molecule has 2 aromatic heterocycles. The number of aromatic nitrogens is 1. The Morgan fingerprint density at radius 2 is 1.02 bits per heavy atom. The van der Waals surface area contributed by atoms with E-state index in [2.05, 4.69) is 113 Å². The van der Waals surface area contributed by atoms with Crippen LogP contribution in [0.5, 0.6) is 0 Å². The molecule has 0 atom stereocenters. The standard InChI is InChI=1S/C37H30BNO3/c1-36(2)37(3,4)42-38(41-36)33-20-18-24(22-39-33)35-28-14-7-5-12-26(28)34(27-13-6-8-15-29(27)35)23-17-19-32-30(21-23)25-11-9-10-16-31(25)40-32/h5-22H,1-4H3. The van der Waals surface area contributed by atoms with Gasteiger partial charge >= 0.3 is 7.12 Å². The number of hydrogen-bond donors (Lipinski definition) is 0. The molecule has 1 saturated heterocycles. The lowest BCUT2D eigenvalue weighted by molar-refractivity contribution is 0.00578. The van der Waals surface area contributed by atoms with Crippen molar-refractivity contribution in [3.63, 3.8) is 0 Å². The monoisotopic (exact) mass is 547 g/mol. The van der Waals surface area contributed by atoms with E-state index in [-0.39, 0.29) is 0 Å². The first kappa shape index (κ1) is 25.3. The maximum atomic E-state index is 6.26. The normalized spacial score (nSPS) is 16.2. The Kier molecular flexibility index (Phi) is 5.43. The molecule has 42 heavy (non-hydrogen) atoms. The highest BCUT2D eigenvalue weighted by Gasteiger charge is 2.52. The van der Waals surface area contributed by atoms with Gasteiger partial charge in [-0.25, -0.2) is 0 Å². The minimum atomic E-state index is -0.492. The van der Waals surface area contributed by atoms with E-state index in [0.717, 1.165) is 33.1 Å². The number of nitrogens with zero attached hydrogens (tertiary/aromatic N) is 1. The summed E-state index contributed by atoms with van der Waals surface area (Å²) < 4.78 is 18.7. The molecule has 7 aromatic rings. The second-order valence-corrected chi connectivity index (χ2v) is 12.2. The molecule has 0 unspecified atom stereocenters. The van der Waals surface area contributed by atoms with Crippen LogP contribution in [0, 0.1) is 0 Å². The van der Waals surface area contributed by atoms with Crippen LogP contribution < -0.4 is 5.59 Å². The fourth-order valence-corrected chi connectivity index (χ4v) is 6.29. The molecule has 5 aromatic carbocycles. The van der Waals surface area contributed by atoms with Gasteiger partial charge in [-0.2, -0.15) is 0 Å². The highest BCUT2D eigenvalue weighted by Crippen LogP contribution is 2.44. The Bertz CT molecular complexity index is 2090. The zero-order valence-corrected chi connectivity index (χ0v) is 24.1. The molecule has 1 aliphatic heterocycles. The molecule has 1 fully saturated rings. The number of para-hydroxylation sites is 1. The van der Waals surface area contributed by atoms with Gasteiger partial charge in [0.2, 0.25) is 0 Å². The van der Waals surface area contributed by atoms with Gasteiger partial charge in [-0.3, -0.25) is 4.98 Å². The van der Waals surface area contributed by atoms with Crippen LogP contribution >= 0.6 is 0 Å². The first-order valence-corrected chi connectivity index (χ1v) is 14.5. The van der Waals surface area contributed by atoms with Crippen LogP contribution in [0.15, 0.2) is 114 Å². The van der Waals surface area contributed by atoms with Gasteiger partial charge in [-0.05, 0) is 90.2 Å². The maximum Gasteiger partial charge on any atom is 0.514 e. The molecule has 0 spiro atoms. The van der Waals surface area contributed by atoms with Crippen molar-refractivity contribution in [3.8, 4) is 22.3 Å². The van der Waals surface area contributed by atoms with Crippen molar-refractivity contribution in [2.24, 2.45) is 0 Å². The van der Waals surface area contributed by atoms with E-state index < -0.39 is 18.3 Å². The van der Waals surface area contributed by atoms with Gasteiger partial charge in [0.1, 0.15) is 11.2 Å². The minimum absolute atomic E-state index is 0.411. The average Bonchev–Trinajstić information content (AvgIpc) is 3.47. The number of furan rings is 1. The number of fused-ring (bicyclic) bond motifs is 5. The minimum Gasteiger partial charge on any atom is -0.456 e. The Morgan fingerprint density at radius 3 is 1.60 bits per heavy atom. The molecule has 0 bridgehead atoms. The summed E-state index contributed by atoms with van der Waals surface area (Å²) in [6, 6.07) is 36.3. The molecule has 0 amide bonds. The highest BCUT2D eigenvalue weighted by molar-refractivity contribution is 6.61. The smallest absolute Gasteiger partial charge is 0.456 e. The Labute approximate surface area is 245 Å². The van der Waals surface area contributed by atoms with E-state index >= 15 is 0 Å². The molecule has 3 heterocycles. The van der Waals surface area contributed by atoms with Crippen LogP contribution in [0.3, 0.4) is 0 Å². The molecular weight excluding hydrogens is 517 g/mol. The predicted octanol–water partition coefficient (Wildman–Crippen LogP) is 8.92. The predicted molar refractivity (Wildman–Crippen MR) is 173 cm³/mol. The van der Waals surface area contributed by atoms with E-state index in [1.807, 2.05) is 24.4 Å². The van der Waals surface area contributed by atoms with Gasteiger partial charge in [-0.1, -0.05) is 78.9 Å². The molecule has 1 aliphatic rings. The summed E-state index contributed by atoms with van der Waals surface area (Å²) >= 11 is 0. The molecule has 4 nitrogen and oxygen atoms in total. The lowest BCUT2D eigenvalue weighted by Crippen LogP contribution is -2.41. The van der Waals surface area contributed by atoms with Crippen molar-refractivity contribution in [1.29, 1.82) is 0 Å². The molecule has 0 radical (unpaired) electrons. The van der Waals surface area contributed by atoms with Crippen LogP contribution in [0.4, 0.5) is 0 Å². The molecular formula is C37H30BNO3. The third kappa shape index (κ3) is 3.74. The van der Waals surface area contributed by atoms with E-state index in [1.165, 1.54) is 38.2 Å². The number of hydrogen-bond acceptors (Lipinski definition) is 4. The lowest BCUT2D eigenvalue weighted by atomic mass is 9.83. The summed E-state index contributed by atoms with van der Waals surface area (Å²) in [5, 5.41) is 7.04. The highest BCUT2D eigenvalue weighted by atomic mass is 16.7. The van der Waals surface area contributed by atoms with Gasteiger partial charge in [0.05, 0.1) is 16.8 Å².